The number of nitrogens with zero attached hydrogens (tertiary/aromatic N) is 3. The number of hydrogen-bond acceptors (Lipinski definition) is 17. The number of rotatable bonds is 41. The minimum absolute atomic E-state index is 0.367. The van der Waals surface area contributed by atoms with E-state index in [1.54, 1.807) is 0 Å². The summed E-state index contributed by atoms with van der Waals surface area (Å²) in [7, 11) is 0. The molecule has 0 aliphatic rings. The SMILES string of the molecule is CC.CCOCc1nc2c(N)nc3ccccc3c2n1CC(C)(C)OCCOCCOCCOCCOCCOCCOCCOCCOCCOCCOCCOCCN. The molecule has 0 aliphatic heterocycles. The van der Waals surface area contributed by atoms with Crippen LogP contribution in [0.3, 0.4) is 0 Å². The normalized spacial score (nSPS) is 11.8. The van der Waals surface area contributed by atoms with Crippen molar-refractivity contribution < 1.29 is 61.6 Å². The van der Waals surface area contributed by atoms with Crippen LogP contribution in [0.1, 0.15) is 40.4 Å². The Labute approximate surface area is 363 Å². The van der Waals surface area contributed by atoms with Gasteiger partial charge in [0.1, 0.15) is 17.9 Å². The minimum atomic E-state index is -0.513. The number of imidazole rings is 1. The van der Waals surface area contributed by atoms with Crippen LogP contribution in [0.5, 0.6) is 0 Å². The molecule has 0 atom stereocenters. The Morgan fingerprint density at radius 3 is 1.30 bits per heavy atom. The van der Waals surface area contributed by atoms with Crippen molar-refractivity contribution in [3.63, 3.8) is 0 Å². The topological polar surface area (TPSA) is 203 Å². The average molecular weight is 872 g/mol. The number of ether oxygens (including phenoxy) is 13. The Morgan fingerprint density at radius 1 is 0.525 bits per heavy atom. The summed E-state index contributed by atoms with van der Waals surface area (Å²) in [6, 6.07) is 7.94. The number of fused-ring (bicyclic) bond motifs is 3. The van der Waals surface area contributed by atoms with Crippen LogP contribution in [0, 0.1) is 0 Å². The molecule has 2 aromatic heterocycles. The van der Waals surface area contributed by atoms with Crippen LogP contribution < -0.4 is 11.5 Å². The Morgan fingerprint density at radius 2 is 0.902 bits per heavy atom. The van der Waals surface area contributed by atoms with Gasteiger partial charge in [-0.15, -0.1) is 0 Å². The van der Waals surface area contributed by atoms with Crippen LogP contribution in [-0.4, -0.2) is 185 Å². The van der Waals surface area contributed by atoms with Gasteiger partial charge in [0.25, 0.3) is 0 Å². The zero-order valence-corrected chi connectivity index (χ0v) is 37.7. The molecular weight excluding hydrogens is 794 g/mol. The molecule has 4 N–H and O–H groups in total. The highest BCUT2D eigenvalue weighted by Gasteiger charge is 2.25. The summed E-state index contributed by atoms with van der Waals surface area (Å²) in [5.41, 5.74) is 13.6. The number of nitrogens with two attached hydrogens (primary N) is 2. The van der Waals surface area contributed by atoms with Crippen molar-refractivity contribution in [2.24, 2.45) is 5.73 Å². The molecule has 0 fully saturated rings. The number of nitrogen functional groups attached to an aromatic ring is 1. The van der Waals surface area contributed by atoms with Crippen molar-refractivity contribution >= 4 is 27.8 Å². The Hall–Kier alpha value is -2.66. The Kier molecular flexibility index (Phi) is 32.9. The van der Waals surface area contributed by atoms with Gasteiger partial charge < -0.3 is 77.6 Å². The van der Waals surface area contributed by atoms with Crippen LogP contribution in [0.4, 0.5) is 5.82 Å². The van der Waals surface area contributed by atoms with Crippen molar-refractivity contribution in [2.45, 2.75) is 53.4 Å². The average Bonchev–Trinajstić information content (AvgIpc) is 3.62. The molecule has 0 aliphatic carbocycles. The van der Waals surface area contributed by atoms with Gasteiger partial charge in [0.2, 0.25) is 0 Å². The van der Waals surface area contributed by atoms with Crippen molar-refractivity contribution in [3.05, 3.63) is 30.1 Å². The maximum atomic E-state index is 6.33. The molecule has 3 aromatic rings. The molecule has 18 heteroatoms. The molecule has 61 heavy (non-hydrogen) atoms. The smallest absolute Gasteiger partial charge is 0.152 e. The van der Waals surface area contributed by atoms with E-state index < -0.39 is 5.60 Å². The highest BCUT2D eigenvalue weighted by atomic mass is 16.6. The maximum absolute atomic E-state index is 6.33. The van der Waals surface area contributed by atoms with Crippen molar-refractivity contribution in [3.8, 4) is 0 Å². The second kappa shape index (κ2) is 36.8. The van der Waals surface area contributed by atoms with E-state index in [1.165, 1.54) is 0 Å². The van der Waals surface area contributed by atoms with Gasteiger partial charge in [0.05, 0.1) is 175 Å². The number of benzene rings is 1. The number of hydrogen-bond donors (Lipinski definition) is 2. The lowest BCUT2D eigenvalue weighted by atomic mass is 10.1. The monoisotopic (exact) mass is 872 g/mol. The van der Waals surface area contributed by atoms with Crippen molar-refractivity contribution in [1.29, 1.82) is 0 Å². The lowest BCUT2D eigenvalue weighted by Crippen LogP contribution is -2.32. The second-order valence-corrected chi connectivity index (χ2v) is 13.6. The zero-order valence-electron chi connectivity index (χ0n) is 37.7. The van der Waals surface area contributed by atoms with E-state index in [1.807, 2.05) is 45.0 Å². The highest BCUT2D eigenvalue weighted by molar-refractivity contribution is 6.06. The molecule has 0 spiro atoms. The summed E-state index contributed by atoms with van der Waals surface area (Å²) < 4.78 is 74.6. The fourth-order valence-electron chi connectivity index (χ4n) is 5.57. The molecule has 2 heterocycles. The Bertz CT molecular complexity index is 1470. The molecule has 1 aromatic carbocycles. The number of aromatic nitrogens is 3. The van der Waals surface area contributed by atoms with E-state index in [0.29, 0.717) is 190 Å². The van der Waals surface area contributed by atoms with E-state index >= 15 is 0 Å². The largest absolute Gasteiger partial charge is 0.382 e. The molecule has 18 nitrogen and oxygen atoms in total. The van der Waals surface area contributed by atoms with Gasteiger partial charge in [0, 0.05) is 18.5 Å². The third kappa shape index (κ3) is 25.3. The third-order valence-corrected chi connectivity index (χ3v) is 8.37. The first-order valence-corrected chi connectivity index (χ1v) is 21.8. The van der Waals surface area contributed by atoms with Crippen LogP contribution in [-0.2, 0) is 74.7 Å². The van der Waals surface area contributed by atoms with Crippen LogP contribution in [0.25, 0.3) is 21.9 Å². The molecule has 352 valence electrons. The van der Waals surface area contributed by atoms with Gasteiger partial charge >= 0.3 is 0 Å². The van der Waals surface area contributed by atoms with Gasteiger partial charge in [-0.2, -0.15) is 0 Å². The molecule has 0 saturated carbocycles. The quantitative estimate of drug-likeness (QED) is 0.0782. The first-order valence-electron chi connectivity index (χ1n) is 21.8. The summed E-state index contributed by atoms with van der Waals surface area (Å²) in [5.74, 6) is 1.19. The number of pyridine rings is 1. The molecule has 0 radical (unpaired) electrons. The molecule has 3 rings (SSSR count). The fourth-order valence-corrected chi connectivity index (χ4v) is 5.57. The van der Waals surface area contributed by atoms with Gasteiger partial charge in [-0.25, -0.2) is 9.97 Å². The van der Waals surface area contributed by atoms with Crippen LogP contribution in [0.15, 0.2) is 24.3 Å². The predicted molar refractivity (Wildman–Crippen MR) is 234 cm³/mol. The summed E-state index contributed by atoms with van der Waals surface area (Å²) in [4.78, 5) is 9.38. The van der Waals surface area contributed by atoms with E-state index in [9.17, 15) is 0 Å². The predicted octanol–water partition coefficient (Wildman–Crippen LogP) is 3.67. The van der Waals surface area contributed by atoms with E-state index in [0.717, 1.165) is 22.2 Å². The summed E-state index contributed by atoms with van der Waals surface area (Å²) in [6.45, 7) is 23.5. The minimum Gasteiger partial charge on any atom is -0.382 e. The standard InChI is InChI=1S/C41H71N5O13.C2H6/c1-4-47-33-37-45-38-39(35-7-5-6-8-36(35)44-40(38)43)46(37)34-41(2,3)59-32-31-58-30-29-57-28-27-56-26-25-55-24-23-54-22-21-53-20-19-52-18-17-51-16-15-50-14-13-49-12-11-48-10-9-42;1-2/h5-8H,4,9-34,42H2,1-3H3,(H2,43,44);1-2H3. The lowest BCUT2D eigenvalue weighted by Gasteiger charge is -2.27. The van der Waals surface area contributed by atoms with Crippen LogP contribution in [0.2, 0.25) is 0 Å². The van der Waals surface area contributed by atoms with E-state index in [-0.39, 0.29) is 0 Å². The summed E-state index contributed by atoms with van der Waals surface area (Å²) in [5, 5.41) is 0.987. The van der Waals surface area contributed by atoms with E-state index in [2.05, 4.69) is 23.4 Å². The molecule has 0 amide bonds. The molecular formula is C43H77N5O13. The van der Waals surface area contributed by atoms with Gasteiger partial charge in [0.15, 0.2) is 5.82 Å². The van der Waals surface area contributed by atoms with Gasteiger partial charge in [-0.1, -0.05) is 32.0 Å². The molecule has 0 bridgehead atoms. The molecule has 0 saturated heterocycles. The van der Waals surface area contributed by atoms with Gasteiger partial charge in [-0.3, -0.25) is 0 Å². The Balaban J connectivity index is 0.00000631. The maximum Gasteiger partial charge on any atom is 0.152 e. The lowest BCUT2D eigenvalue weighted by molar-refractivity contribution is -0.0621. The van der Waals surface area contributed by atoms with Crippen LogP contribution >= 0.6 is 0 Å². The summed E-state index contributed by atoms with van der Waals surface area (Å²) >= 11 is 0. The van der Waals surface area contributed by atoms with E-state index in [4.69, 9.17) is 78.0 Å². The second-order valence-electron chi connectivity index (χ2n) is 13.6. The number of para-hydroxylation sites is 1. The molecule has 0 unspecified atom stereocenters. The van der Waals surface area contributed by atoms with Crippen molar-refractivity contribution in [2.75, 3.05) is 171 Å². The fraction of sp³-hybridized carbons (Fsp3) is 0.767. The van der Waals surface area contributed by atoms with Crippen molar-refractivity contribution in [1.82, 2.24) is 14.5 Å². The first kappa shape index (κ1) is 54.5. The third-order valence-electron chi connectivity index (χ3n) is 8.37. The number of anilines is 1. The highest BCUT2D eigenvalue weighted by Crippen LogP contribution is 2.30. The zero-order chi connectivity index (χ0) is 44.1. The first-order chi connectivity index (χ1) is 30.0. The van der Waals surface area contributed by atoms with Gasteiger partial charge in [-0.05, 0) is 26.8 Å². The summed E-state index contributed by atoms with van der Waals surface area (Å²) in [6.07, 6.45) is 0.